The minimum Gasteiger partial charge on any atom is -0.390 e. The zero-order chi connectivity index (χ0) is 12.4. The van der Waals surface area contributed by atoms with E-state index in [9.17, 15) is 5.11 Å². The Morgan fingerprint density at radius 3 is 2.35 bits per heavy atom. The van der Waals surface area contributed by atoms with Crippen molar-refractivity contribution in [3.8, 4) is 0 Å². The van der Waals surface area contributed by atoms with Crippen LogP contribution >= 0.6 is 0 Å². The van der Waals surface area contributed by atoms with Crippen LogP contribution in [-0.2, 0) is 0 Å². The molecule has 2 N–H and O–H groups in total. The van der Waals surface area contributed by atoms with Gasteiger partial charge in [-0.05, 0) is 33.7 Å². The average molecular weight is 241 g/mol. The van der Waals surface area contributed by atoms with E-state index in [1.54, 1.807) is 0 Å². The van der Waals surface area contributed by atoms with Gasteiger partial charge in [-0.1, -0.05) is 0 Å². The molecule has 1 aliphatic carbocycles. The molecule has 3 atom stereocenters. The van der Waals surface area contributed by atoms with E-state index in [1.165, 1.54) is 12.8 Å². The Labute approximate surface area is 105 Å². The zero-order valence-electron chi connectivity index (χ0n) is 11.4. The Morgan fingerprint density at radius 2 is 1.82 bits per heavy atom. The summed E-state index contributed by atoms with van der Waals surface area (Å²) in [6, 6.07) is 1.86. The summed E-state index contributed by atoms with van der Waals surface area (Å²) in [5.74, 6) is 0. The maximum atomic E-state index is 10.00. The predicted molar refractivity (Wildman–Crippen MR) is 70.2 cm³/mol. The van der Waals surface area contributed by atoms with Crippen molar-refractivity contribution in [3.63, 3.8) is 0 Å². The molecule has 2 rings (SSSR count). The molecule has 0 radical (unpaired) electrons. The third-order valence-electron chi connectivity index (χ3n) is 4.12. The van der Waals surface area contributed by atoms with Crippen LogP contribution in [0.15, 0.2) is 0 Å². The Balaban J connectivity index is 1.70. The van der Waals surface area contributed by atoms with Crippen molar-refractivity contribution in [1.29, 1.82) is 0 Å². The molecule has 4 heteroatoms. The maximum Gasteiger partial charge on any atom is 0.0791 e. The van der Waals surface area contributed by atoms with E-state index < -0.39 is 0 Å². The Kier molecular flexibility index (Phi) is 4.42. The van der Waals surface area contributed by atoms with Crippen LogP contribution in [0.5, 0.6) is 0 Å². The van der Waals surface area contributed by atoms with Crippen molar-refractivity contribution in [2.45, 2.75) is 50.9 Å². The number of hydrogen-bond donors (Lipinski definition) is 2. The molecular weight excluding hydrogens is 214 g/mol. The number of nitrogens with zero attached hydrogens (tertiary/aromatic N) is 2. The minimum absolute atomic E-state index is 0.224. The molecule has 17 heavy (non-hydrogen) atoms. The first-order valence-corrected chi connectivity index (χ1v) is 6.92. The molecule has 0 aromatic carbocycles. The van der Waals surface area contributed by atoms with Crippen molar-refractivity contribution in [2.75, 3.05) is 33.2 Å². The molecule has 1 saturated heterocycles. The fraction of sp³-hybridized carbons (Fsp3) is 1.00. The second kappa shape index (κ2) is 5.65. The fourth-order valence-corrected chi connectivity index (χ4v) is 2.62. The van der Waals surface area contributed by atoms with Gasteiger partial charge in [0.1, 0.15) is 0 Å². The van der Waals surface area contributed by atoms with E-state index in [1.807, 2.05) is 0 Å². The van der Waals surface area contributed by atoms with Crippen LogP contribution in [0.3, 0.4) is 0 Å². The lowest BCUT2D eigenvalue weighted by molar-refractivity contribution is 0.0287. The quantitative estimate of drug-likeness (QED) is 0.717. The molecule has 0 amide bonds. The van der Waals surface area contributed by atoms with Crippen LogP contribution in [0.1, 0.15) is 26.7 Å². The van der Waals surface area contributed by atoms with Crippen LogP contribution in [0, 0.1) is 0 Å². The molecule has 0 spiro atoms. The number of aliphatic hydroxyl groups is 1. The van der Waals surface area contributed by atoms with Crippen LogP contribution < -0.4 is 5.32 Å². The van der Waals surface area contributed by atoms with Gasteiger partial charge in [0, 0.05) is 44.3 Å². The first-order chi connectivity index (χ1) is 8.06. The SMILES string of the molecule is CC1CN(CC(O)CNC2CC2)CC(C)N1C. The van der Waals surface area contributed by atoms with Crippen molar-refractivity contribution in [2.24, 2.45) is 0 Å². The monoisotopic (exact) mass is 241 g/mol. The summed E-state index contributed by atoms with van der Waals surface area (Å²) in [7, 11) is 2.19. The molecule has 2 aliphatic rings. The number of β-amino-alcohol motifs (C(OH)–C–C–N with tert-alkyl or cyclic N) is 1. The average Bonchev–Trinajstić information content (AvgIpc) is 3.07. The summed E-state index contributed by atoms with van der Waals surface area (Å²) >= 11 is 0. The fourth-order valence-electron chi connectivity index (χ4n) is 2.62. The molecule has 1 heterocycles. The van der Waals surface area contributed by atoms with Crippen LogP contribution in [0.4, 0.5) is 0 Å². The lowest BCUT2D eigenvalue weighted by atomic mass is 10.1. The number of hydrogen-bond acceptors (Lipinski definition) is 4. The number of aliphatic hydroxyl groups excluding tert-OH is 1. The van der Waals surface area contributed by atoms with Gasteiger partial charge in [0.05, 0.1) is 6.10 Å². The van der Waals surface area contributed by atoms with Gasteiger partial charge in [0.25, 0.3) is 0 Å². The van der Waals surface area contributed by atoms with Gasteiger partial charge in [0.2, 0.25) is 0 Å². The van der Waals surface area contributed by atoms with Crippen molar-refractivity contribution < 1.29 is 5.11 Å². The summed E-state index contributed by atoms with van der Waals surface area (Å²) in [5, 5.41) is 13.4. The van der Waals surface area contributed by atoms with Crippen LogP contribution in [0.25, 0.3) is 0 Å². The third kappa shape index (κ3) is 3.91. The molecule has 1 saturated carbocycles. The lowest BCUT2D eigenvalue weighted by Gasteiger charge is -2.43. The third-order valence-corrected chi connectivity index (χ3v) is 4.12. The normalized spacial score (nSPS) is 33.9. The van der Waals surface area contributed by atoms with Gasteiger partial charge in [-0.2, -0.15) is 0 Å². The highest BCUT2D eigenvalue weighted by atomic mass is 16.3. The predicted octanol–water partition coefficient (Wildman–Crippen LogP) is 0.124. The molecular formula is C13H27N3O. The highest BCUT2D eigenvalue weighted by Gasteiger charge is 2.28. The van der Waals surface area contributed by atoms with Gasteiger partial charge in [-0.25, -0.2) is 0 Å². The molecule has 0 bridgehead atoms. The Morgan fingerprint density at radius 1 is 1.24 bits per heavy atom. The summed E-state index contributed by atoms with van der Waals surface area (Å²) < 4.78 is 0. The largest absolute Gasteiger partial charge is 0.390 e. The summed E-state index contributed by atoms with van der Waals surface area (Å²) in [5.41, 5.74) is 0. The molecule has 100 valence electrons. The van der Waals surface area contributed by atoms with Crippen molar-refractivity contribution in [1.82, 2.24) is 15.1 Å². The minimum atomic E-state index is -0.224. The van der Waals surface area contributed by atoms with E-state index in [2.05, 4.69) is 36.0 Å². The zero-order valence-corrected chi connectivity index (χ0v) is 11.4. The van der Waals surface area contributed by atoms with Gasteiger partial charge >= 0.3 is 0 Å². The van der Waals surface area contributed by atoms with E-state index in [4.69, 9.17) is 0 Å². The molecule has 1 aliphatic heterocycles. The maximum absolute atomic E-state index is 10.00. The number of piperazine rings is 1. The van der Waals surface area contributed by atoms with Gasteiger partial charge in [-0.3, -0.25) is 9.80 Å². The first kappa shape index (κ1) is 13.3. The topological polar surface area (TPSA) is 38.7 Å². The summed E-state index contributed by atoms with van der Waals surface area (Å²) in [6.07, 6.45) is 2.35. The molecule has 0 aromatic heterocycles. The van der Waals surface area contributed by atoms with E-state index in [0.29, 0.717) is 18.1 Å². The van der Waals surface area contributed by atoms with Gasteiger partial charge in [-0.15, -0.1) is 0 Å². The molecule has 2 fully saturated rings. The van der Waals surface area contributed by atoms with Crippen LogP contribution in [0.2, 0.25) is 0 Å². The summed E-state index contributed by atoms with van der Waals surface area (Å²) in [6.45, 7) is 8.22. The number of rotatable bonds is 5. The highest BCUT2D eigenvalue weighted by Crippen LogP contribution is 2.18. The van der Waals surface area contributed by atoms with Gasteiger partial charge in [0.15, 0.2) is 0 Å². The standard InChI is InChI=1S/C13H27N3O/c1-10-7-16(8-11(2)15(10)3)9-13(17)6-14-12-4-5-12/h10-14,17H,4-9H2,1-3H3. The van der Waals surface area contributed by atoms with Gasteiger partial charge < -0.3 is 10.4 Å². The molecule has 0 aromatic rings. The second-order valence-electron chi connectivity index (χ2n) is 5.92. The van der Waals surface area contributed by atoms with Crippen molar-refractivity contribution in [3.05, 3.63) is 0 Å². The smallest absolute Gasteiger partial charge is 0.0791 e. The number of likely N-dealkylation sites (N-methyl/N-ethyl adjacent to an activating group) is 1. The Hall–Kier alpha value is -0.160. The Bertz CT molecular complexity index is 233. The number of nitrogens with one attached hydrogen (secondary N) is 1. The summed E-state index contributed by atoms with van der Waals surface area (Å²) in [4.78, 5) is 4.82. The second-order valence-corrected chi connectivity index (χ2v) is 5.92. The van der Waals surface area contributed by atoms with E-state index in [0.717, 1.165) is 26.2 Å². The molecule has 4 nitrogen and oxygen atoms in total. The van der Waals surface area contributed by atoms with E-state index >= 15 is 0 Å². The molecule has 3 unspecified atom stereocenters. The first-order valence-electron chi connectivity index (χ1n) is 6.92. The lowest BCUT2D eigenvalue weighted by Crippen LogP contribution is -2.56. The van der Waals surface area contributed by atoms with Crippen molar-refractivity contribution >= 4 is 0 Å². The van der Waals surface area contributed by atoms with Crippen LogP contribution in [-0.4, -0.2) is 72.4 Å². The highest BCUT2D eigenvalue weighted by molar-refractivity contribution is 4.85. The van der Waals surface area contributed by atoms with E-state index in [-0.39, 0.29) is 6.10 Å².